The van der Waals surface area contributed by atoms with E-state index in [4.69, 9.17) is 0 Å². The van der Waals surface area contributed by atoms with Crippen molar-refractivity contribution in [3.8, 4) is 0 Å². The summed E-state index contributed by atoms with van der Waals surface area (Å²) in [5.74, 6) is 1.45. The molecule has 4 rings (SSSR count). The molecule has 28 heavy (non-hydrogen) atoms. The first kappa shape index (κ1) is 20.8. The highest BCUT2D eigenvalue weighted by Gasteiger charge is 2.29. The van der Waals surface area contributed by atoms with Crippen LogP contribution >= 0.6 is 0 Å². The lowest BCUT2D eigenvalue weighted by Gasteiger charge is -2.24. The van der Waals surface area contributed by atoms with Gasteiger partial charge >= 0.3 is 0 Å². The predicted octanol–water partition coefficient (Wildman–Crippen LogP) is 3.07. The molecule has 2 amide bonds. The standard InChI is InChI=1S/C13H22N2O2.C10H13N/c16-10-15-8-4-7-12(15)13(17)14-9-11-5-2-1-3-6-11;1-2-4-9(5-3-1)10-6-7-11-8-10/h10-12H,1-9H2,(H,14,17);1-5,10-11H,6-8H2/t;10-/m.1/s1. The number of likely N-dealkylation sites (tertiary alicyclic amines) is 1. The van der Waals surface area contributed by atoms with E-state index in [-0.39, 0.29) is 11.9 Å². The van der Waals surface area contributed by atoms with Crippen molar-refractivity contribution in [1.82, 2.24) is 15.5 Å². The number of hydrogen-bond donors (Lipinski definition) is 2. The Morgan fingerprint density at radius 2 is 1.86 bits per heavy atom. The SMILES string of the molecule is O=CN1CCCC1C(=O)NCC1CCCCC1.c1ccc([C@@H]2CCNC2)cc1. The lowest BCUT2D eigenvalue weighted by atomic mass is 9.89. The van der Waals surface area contributed by atoms with Crippen molar-refractivity contribution in [3.63, 3.8) is 0 Å². The fourth-order valence-corrected chi connectivity index (χ4v) is 4.62. The van der Waals surface area contributed by atoms with Gasteiger partial charge in [0.1, 0.15) is 6.04 Å². The molecular formula is C23H35N3O2. The highest BCUT2D eigenvalue weighted by molar-refractivity contribution is 5.84. The third-order valence-electron chi connectivity index (χ3n) is 6.35. The fourth-order valence-electron chi connectivity index (χ4n) is 4.62. The molecule has 0 radical (unpaired) electrons. The molecule has 0 aromatic heterocycles. The van der Waals surface area contributed by atoms with Gasteiger partial charge in [0.25, 0.3) is 0 Å². The Labute approximate surface area is 169 Å². The molecule has 1 aromatic rings. The molecule has 3 fully saturated rings. The Balaban J connectivity index is 0.000000176. The molecule has 5 heteroatoms. The molecule has 5 nitrogen and oxygen atoms in total. The number of carbonyl (C=O) groups is 2. The first-order chi connectivity index (χ1) is 13.8. The normalized spacial score (nSPS) is 25.1. The van der Waals surface area contributed by atoms with Crippen molar-refractivity contribution < 1.29 is 9.59 Å². The molecule has 1 saturated carbocycles. The smallest absolute Gasteiger partial charge is 0.242 e. The van der Waals surface area contributed by atoms with Crippen LogP contribution in [-0.4, -0.2) is 49.4 Å². The van der Waals surface area contributed by atoms with Crippen LogP contribution in [0.4, 0.5) is 0 Å². The molecule has 2 atom stereocenters. The van der Waals surface area contributed by atoms with Crippen LogP contribution in [0, 0.1) is 5.92 Å². The number of rotatable bonds is 5. The minimum absolute atomic E-state index is 0.0418. The van der Waals surface area contributed by atoms with Gasteiger partial charge in [-0.15, -0.1) is 0 Å². The van der Waals surface area contributed by atoms with E-state index in [0.717, 1.165) is 44.8 Å². The maximum Gasteiger partial charge on any atom is 0.242 e. The Morgan fingerprint density at radius 3 is 2.54 bits per heavy atom. The van der Waals surface area contributed by atoms with E-state index < -0.39 is 0 Å². The Kier molecular flexibility index (Phi) is 8.34. The highest BCUT2D eigenvalue weighted by Crippen LogP contribution is 2.23. The summed E-state index contributed by atoms with van der Waals surface area (Å²) in [6, 6.07) is 10.5. The lowest BCUT2D eigenvalue weighted by Crippen LogP contribution is -2.44. The van der Waals surface area contributed by atoms with Gasteiger partial charge in [-0.05, 0) is 56.0 Å². The Hall–Kier alpha value is -1.88. The summed E-state index contributed by atoms with van der Waals surface area (Å²) >= 11 is 0. The molecule has 1 unspecified atom stereocenters. The molecular weight excluding hydrogens is 350 g/mol. The van der Waals surface area contributed by atoms with Gasteiger partial charge in [-0.1, -0.05) is 49.6 Å². The zero-order valence-corrected chi connectivity index (χ0v) is 16.9. The summed E-state index contributed by atoms with van der Waals surface area (Å²) in [6.07, 6.45) is 10.3. The van der Waals surface area contributed by atoms with E-state index in [1.807, 2.05) is 0 Å². The maximum absolute atomic E-state index is 11.9. The second-order valence-corrected chi connectivity index (χ2v) is 8.35. The third-order valence-corrected chi connectivity index (χ3v) is 6.35. The van der Waals surface area contributed by atoms with Crippen LogP contribution in [0.3, 0.4) is 0 Å². The number of nitrogens with zero attached hydrogens (tertiary/aromatic N) is 1. The van der Waals surface area contributed by atoms with Crippen molar-refractivity contribution in [2.24, 2.45) is 5.92 Å². The van der Waals surface area contributed by atoms with Gasteiger partial charge in [-0.2, -0.15) is 0 Å². The van der Waals surface area contributed by atoms with Gasteiger partial charge in [0.15, 0.2) is 0 Å². The molecule has 3 aliphatic rings. The summed E-state index contributed by atoms with van der Waals surface area (Å²) < 4.78 is 0. The quantitative estimate of drug-likeness (QED) is 0.766. The number of benzene rings is 1. The van der Waals surface area contributed by atoms with Crippen molar-refractivity contribution >= 4 is 12.3 Å². The zero-order chi connectivity index (χ0) is 19.6. The van der Waals surface area contributed by atoms with E-state index in [9.17, 15) is 9.59 Å². The summed E-state index contributed by atoms with van der Waals surface area (Å²) in [5, 5.41) is 6.39. The zero-order valence-electron chi connectivity index (χ0n) is 16.9. The Morgan fingerprint density at radius 1 is 1.07 bits per heavy atom. The minimum atomic E-state index is -0.212. The van der Waals surface area contributed by atoms with Crippen molar-refractivity contribution in [3.05, 3.63) is 35.9 Å². The van der Waals surface area contributed by atoms with Crippen LogP contribution in [0.2, 0.25) is 0 Å². The average Bonchev–Trinajstić information content (AvgIpc) is 3.46. The van der Waals surface area contributed by atoms with Crippen LogP contribution in [-0.2, 0) is 9.59 Å². The number of amides is 2. The second kappa shape index (κ2) is 11.2. The first-order valence-electron chi connectivity index (χ1n) is 11.0. The van der Waals surface area contributed by atoms with Gasteiger partial charge in [-0.25, -0.2) is 0 Å². The van der Waals surface area contributed by atoms with Crippen LogP contribution in [0.5, 0.6) is 0 Å². The topological polar surface area (TPSA) is 61.4 Å². The van der Waals surface area contributed by atoms with E-state index in [1.165, 1.54) is 50.6 Å². The van der Waals surface area contributed by atoms with Crippen LogP contribution in [0.1, 0.15) is 62.8 Å². The largest absolute Gasteiger partial charge is 0.354 e. The van der Waals surface area contributed by atoms with E-state index in [2.05, 4.69) is 41.0 Å². The Bertz CT molecular complexity index is 595. The predicted molar refractivity (Wildman–Crippen MR) is 112 cm³/mol. The third kappa shape index (κ3) is 6.06. The molecule has 2 saturated heterocycles. The van der Waals surface area contributed by atoms with Gasteiger partial charge < -0.3 is 15.5 Å². The number of hydrogen-bond acceptors (Lipinski definition) is 3. The van der Waals surface area contributed by atoms with E-state index in [1.54, 1.807) is 4.90 Å². The van der Waals surface area contributed by atoms with E-state index in [0.29, 0.717) is 5.92 Å². The molecule has 1 aromatic carbocycles. The van der Waals surface area contributed by atoms with Gasteiger partial charge in [0, 0.05) is 19.6 Å². The minimum Gasteiger partial charge on any atom is -0.354 e. The molecule has 0 spiro atoms. The van der Waals surface area contributed by atoms with Crippen LogP contribution < -0.4 is 10.6 Å². The molecule has 2 aliphatic heterocycles. The van der Waals surface area contributed by atoms with Crippen molar-refractivity contribution in [2.45, 2.75) is 63.3 Å². The van der Waals surface area contributed by atoms with E-state index >= 15 is 0 Å². The van der Waals surface area contributed by atoms with Gasteiger partial charge in [0.05, 0.1) is 0 Å². The molecule has 2 heterocycles. The van der Waals surface area contributed by atoms with Crippen LogP contribution in [0.25, 0.3) is 0 Å². The summed E-state index contributed by atoms with van der Waals surface area (Å²) in [5.41, 5.74) is 1.48. The summed E-state index contributed by atoms with van der Waals surface area (Å²) in [6.45, 7) is 3.86. The number of carbonyl (C=O) groups excluding carboxylic acids is 2. The number of nitrogens with one attached hydrogen (secondary N) is 2. The molecule has 2 N–H and O–H groups in total. The van der Waals surface area contributed by atoms with Crippen LogP contribution in [0.15, 0.2) is 30.3 Å². The van der Waals surface area contributed by atoms with Crippen molar-refractivity contribution in [1.29, 1.82) is 0 Å². The molecule has 0 bridgehead atoms. The first-order valence-corrected chi connectivity index (χ1v) is 11.0. The lowest BCUT2D eigenvalue weighted by molar-refractivity contribution is -0.131. The second-order valence-electron chi connectivity index (χ2n) is 8.35. The molecule has 154 valence electrons. The summed E-state index contributed by atoms with van der Waals surface area (Å²) in [4.78, 5) is 24.3. The maximum atomic E-state index is 11.9. The van der Waals surface area contributed by atoms with Gasteiger partial charge in [0.2, 0.25) is 12.3 Å². The average molecular weight is 386 g/mol. The highest BCUT2D eigenvalue weighted by atomic mass is 16.2. The molecule has 1 aliphatic carbocycles. The monoisotopic (exact) mass is 385 g/mol. The summed E-state index contributed by atoms with van der Waals surface area (Å²) in [7, 11) is 0. The van der Waals surface area contributed by atoms with Crippen molar-refractivity contribution in [2.75, 3.05) is 26.2 Å². The van der Waals surface area contributed by atoms with Gasteiger partial charge in [-0.3, -0.25) is 9.59 Å². The fraction of sp³-hybridized carbons (Fsp3) is 0.652.